The van der Waals surface area contributed by atoms with Gasteiger partial charge >= 0.3 is 0 Å². The number of Topliss-reactive ketones (excluding diaryl/α,β-unsaturated/α-hetero) is 1. The zero-order valence-corrected chi connectivity index (χ0v) is 16.7. The fraction of sp³-hybridized carbons (Fsp3) is 0.200. The molecule has 0 fully saturated rings. The number of anilines is 2. The normalized spacial score (nSPS) is 20.8. The number of hydrogen-bond acceptors (Lipinski definition) is 4. The third-order valence-electron chi connectivity index (χ3n) is 5.89. The molecule has 0 radical (unpaired) electrons. The number of rotatable bonds is 2. The van der Waals surface area contributed by atoms with Crippen LogP contribution in [0.1, 0.15) is 43.0 Å². The molecule has 1 aromatic heterocycles. The maximum Gasteiger partial charge on any atom is 0.224 e. The Kier molecular flexibility index (Phi) is 4.51. The molecule has 2 aliphatic rings. The van der Waals surface area contributed by atoms with Crippen LogP contribution in [-0.2, 0) is 9.59 Å². The van der Waals surface area contributed by atoms with Crippen LogP contribution in [0.5, 0.6) is 0 Å². The molecule has 2 aromatic carbocycles. The summed E-state index contributed by atoms with van der Waals surface area (Å²) in [5, 5.41) is 3.49. The first-order valence-electron chi connectivity index (χ1n) is 10.1. The van der Waals surface area contributed by atoms with E-state index in [1.165, 1.54) is 0 Å². The molecular weight excluding hydrogens is 376 g/mol. The van der Waals surface area contributed by atoms with Gasteiger partial charge in [-0.15, -0.1) is 0 Å². The van der Waals surface area contributed by atoms with Crippen molar-refractivity contribution in [3.8, 4) is 0 Å². The highest BCUT2D eigenvalue weighted by atomic mass is 16.3. The fourth-order valence-corrected chi connectivity index (χ4v) is 4.61. The minimum atomic E-state index is -0.472. The minimum Gasteiger partial charge on any atom is -0.469 e. The number of carbonyl (C=O) groups excluding carboxylic acids is 2. The number of fused-ring (bicyclic) bond motifs is 1. The second-order valence-electron chi connectivity index (χ2n) is 7.78. The van der Waals surface area contributed by atoms with Crippen molar-refractivity contribution >= 4 is 23.1 Å². The van der Waals surface area contributed by atoms with E-state index in [1.54, 1.807) is 18.1 Å². The largest absolute Gasteiger partial charge is 0.469 e. The van der Waals surface area contributed by atoms with Crippen molar-refractivity contribution in [2.45, 2.75) is 31.7 Å². The van der Waals surface area contributed by atoms with Crippen LogP contribution in [0.4, 0.5) is 11.4 Å². The molecule has 2 heterocycles. The molecular formula is C25H22N2O3. The van der Waals surface area contributed by atoms with Gasteiger partial charge in [0.2, 0.25) is 5.91 Å². The van der Waals surface area contributed by atoms with Gasteiger partial charge in [0.05, 0.1) is 23.7 Å². The molecule has 1 N–H and O–H groups in total. The Hall–Kier alpha value is -3.60. The van der Waals surface area contributed by atoms with E-state index in [0.29, 0.717) is 18.4 Å². The van der Waals surface area contributed by atoms with Gasteiger partial charge in [-0.25, -0.2) is 0 Å². The summed E-state index contributed by atoms with van der Waals surface area (Å²) in [7, 11) is 0. The SMILES string of the molecule is CC(=O)N1c2ccccc2NC2=C(C(=O)C[C@H](c3ccco3)C2)[C@@H]1c1ccccc1. The Morgan fingerprint density at radius 3 is 2.50 bits per heavy atom. The molecule has 5 rings (SSSR count). The zero-order chi connectivity index (χ0) is 20.7. The fourth-order valence-electron chi connectivity index (χ4n) is 4.61. The molecule has 5 nitrogen and oxygen atoms in total. The first-order valence-corrected chi connectivity index (χ1v) is 10.1. The number of para-hydroxylation sites is 2. The van der Waals surface area contributed by atoms with Gasteiger partial charge in [-0.05, 0) is 36.2 Å². The molecule has 1 aliphatic heterocycles. The molecule has 0 unspecified atom stereocenters. The molecule has 0 bridgehead atoms. The van der Waals surface area contributed by atoms with E-state index in [4.69, 9.17) is 4.42 Å². The second kappa shape index (κ2) is 7.34. The summed E-state index contributed by atoms with van der Waals surface area (Å²) in [4.78, 5) is 28.1. The average molecular weight is 398 g/mol. The van der Waals surface area contributed by atoms with Crippen molar-refractivity contribution in [3.63, 3.8) is 0 Å². The summed E-state index contributed by atoms with van der Waals surface area (Å²) in [5.41, 5.74) is 4.04. The molecule has 5 heteroatoms. The van der Waals surface area contributed by atoms with Gasteiger partial charge in [-0.3, -0.25) is 14.5 Å². The number of hydrogen-bond donors (Lipinski definition) is 1. The molecule has 0 saturated carbocycles. The molecule has 2 atom stereocenters. The Labute approximate surface area is 175 Å². The second-order valence-corrected chi connectivity index (χ2v) is 7.78. The van der Waals surface area contributed by atoms with E-state index in [2.05, 4.69) is 5.32 Å². The van der Waals surface area contributed by atoms with Crippen molar-refractivity contribution in [1.82, 2.24) is 0 Å². The number of nitrogens with zero attached hydrogens (tertiary/aromatic N) is 1. The van der Waals surface area contributed by atoms with E-state index in [9.17, 15) is 9.59 Å². The van der Waals surface area contributed by atoms with Crippen LogP contribution in [0, 0.1) is 0 Å². The molecule has 150 valence electrons. The minimum absolute atomic E-state index is 0.0220. The zero-order valence-electron chi connectivity index (χ0n) is 16.7. The van der Waals surface area contributed by atoms with Gasteiger partial charge in [0.25, 0.3) is 0 Å². The highest BCUT2D eigenvalue weighted by Gasteiger charge is 2.41. The van der Waals surface area contributed by atoms with Crippen molar-refractivity contribution in [1.29, 1.82) is 0 Å². The molecule has 30 heavy (non-hydrogen) atoms. The quantitative estimate of drug-likeness (QED) is 0.644. The monoisotopic (exact) mass is 398 g/mol. The topological polar surface area (TPSA) is 62.6 Å². The van der Waals surface area contributed by atoms with Gasteiger partial charge in [-0.1, -0.05) is 42.5 Å². The third kappa shape index (κ3) is 3.03. The van der Waals surface area contributed by atoms with Crippen LogP contribution in [0.15, 0.2) is 88.7 Å². The Morgan fingerprint density at radius 2 is 1.77 bits per heavy atom. The predicted octanol–water partition coefficient (Wildman–Crippen LogP) is 5.20. The van der Waals surface area contributed by atoms with Crippen molar-refractivity contribution < 1.29 is 14.0 Å². The lowest BCUT2D eigenvalue weighted by Crippen LogP contribution is -2.37. The lowest BCUT2D eigenvalue weighted by atomic mass is 9.80. The van der Waals surface area contributed by atoms with E-state index < -0.39 is 6.04 Å². The van der Waals surface area contributed by atoms with E-state index in [0.717, 1.165) is 28.4 Å². The number of allylic oxidation sites excluding steroid dienone is 1. The van der Waals surface area contributed by atoms with Gasteiger partial charge in [-0.2, -0.15) is 0 Å². The van der Waals surface area contributed by atoms with E-state index in [1.807, 2.05) is 66.7 Å². The van der Waals surface area contributed by atoms with Crippen LogP contribution in [-0.4, -0.2) is 11.7 Å². The standard InChI is InChI=1S/C25H22N2O3/c1-16(28)27-21-11-6-5-10-19(21)26-20-14-18(23-12-7-13-30-23)15-22(29)24(20)25(27)17-8-3-2-4-9-17/h2-13,18,25-26H,14-15H2,1H3/t18-,25+/m1/s1. The summed E-state index contributed by atoms with van der Waals surface area (Å²) >= 11 is 0. The molecule has 0 spiro atoms. The number of amides is 1. The predicted molar refractivity (Wildman–Crippen MR) is 115 cm³/mol. The van der Waals surface area contributed by atoms with Crippen LogP contribution < -0.4 is 10.2 Å². The van der Waals surface area contributed by atoms with Gasteiger partial charge in [0.1, 0.15) is 5.76 Å². The van der Waals surface area contributed by atoms with E-state index >= 15 is 0 Å². The lowest BCUT2D eigenvalue weighted by Gasteiger charge is -2.34. The summed E-state index contributed by atoms with van der Waals surface area (Å²) in [6.45, 7) is 1.55. The van der Waals surface area contributed by atoms with Gasteiger partial charge in [0.15, 0.2) is 5.78 Å². The van der Waals surface area contributed by atoms with Crippen LogP contribution in [0.25, 0.3) is 0 Å². The van der Waals surface area contributed by atoms with Crippen molar-refractivity contribution in [2.24, 2.45) is 0 Å². The first-order chi connectivity index (χ1) is 14.6. The smallest absolute Gasteiger partial charge is 0.224 e. The highest BCUT2D eigenvalue weighted by Crippen LogP contribution is 2.47. The number of benzene rings is 2. The summed E-state index contributed by atoms with van der Waals surface area (Å²) in [6, 6.07) is 20.8. The number of ketones is 1. The van der Waals surface area contributed by atoms with Gasteiger partial charge in [0, 0.05) is 30.5 Å². The molecule has 1 amide bonds. The Morgan fingerprint density at radius 1 is 1.00 bits per heavy atom. The van der Waals surface area contributed by atoms with Crippen molar-refractivity contribution in [2.75, 3.05) is 10.2 Å². The van der Waals surface area contributed by atoms with Crippen LogP contribution in [0.2, 0.25) is 0 Å². The molecule has 0 saturated heterocycles. The van der Waals surface area contributed by atoms with Crippen LogP contribution in [0.3, 0.4) is 0 Å². The number of carbonyl (C=O) groups is 2. The maximum atomic E-state index is 13.5. The Balaban J connectivity index is 1.72. The summed E-state index contributed by atoms with van der Waals surface area (Å²) in [5.74, 6) is 0.728. The summed E-state index contributed by atoms with van der Waals surface area (Å²) in [6.07, 6.45) is 2.65. The van der Waals surface area contributed by atoms with Crippen molar-refractivity contribution in [3.05, 3.63) is 95.6 Å². The first kappa shape index (κ1) is 18.4. The third-order valence-corrected chi connectivity index (χ3v) is 5.89. The number of furan rings is 1. The van der Waals surface area contributed by atoms with E-state index in [-0.39, 0.29) is 17.6 Å². The number of nitrogens with one attached hydrogen (secondary N) is 1. The Bertz CT molecular complexity index is 1130. The van der Waals surface area contributed by atoms with Gasteiger partial charge < -0.3 is 9.73 Å². The maximum absolute atomic E-state index is 13.5. The molecule has 1 aliphatic carbocycles. The molecule has 3 aromatic rings. The lowest BCUT2D eigenvalue weighted by molar-refractivity contribution is -0.117. The highest BCUT2D eigenvalue weighted by molar-refractivity contribution is 6.05. The average Bonchev–Trinajstić information content (AvgIpc) is 3.24. The summed E-state index contributed by atoms with van der Waals surface area (Å²) < 4.78 is 5.61. The van der Waals surface area contributed by atoms with Crippen LogP contribution >= 0.6 is 0 Å².